The quantitative estimate of drug-likeness (QED) is 0.0302. The first kappa shape index (κ1) is 39.0. The van der Waals surface area contributed by atoms with Crippen LogP contribution in [0.5, 0.6) is 0 Å². The molecule has 1 saturated heterocycles. The summed E-state index contributed by atoms with van der Waals surface area (Å²) in [5.74, 6) is -3.74. The molecule has 0 radical (unpaired) electrons. The van der Waals surface area contributed by atoms with Gasteiger partial charge in [0.05, 0.1) is 42.2 Å². The Hall–Kier alpha value is -3.81. The summed E-state index contributed by atoms with van der Waals surface area (Å²) >= 11 is 0. The van der Waals surface area contributed by atoms with Crippen LogP contribution in [0.15, 0.2) is 64.7 Å². The van der Waals surface area contributed by atoms with Crippen molar-refractivity contribution in [3.63, 3.8) is 0 Å². The van der Waals surface area contributed by atoms with Crippen molar-refractivity contribution < 1.29 is 64.3 Å². The second kappa shape index (κ2) is 18.4. The van der Waals surface area contributed by atoms with Crippen molar-refractivity contribution >= 4 is 17.9 Å². The SMILES string of the molecule is C=CC1C(OC2OC(CO)C(O)C(O)C2O)OC=C(C(=O)OC2CCCC2)C1C=CC1=C(NC(N)=NCCCO)C(C(=O)O)=CN(CCO)C1. The van der Waals surface area contributed by atoms with E-state index in [4.69, 9.17) is 29.8 Å². The number of nitrogens with two attached hydrogens (primary N) is 1. The van der Waals surface area contributed by atoms with Gasteiger partial charge in [-0.2, -0.15) is 0 Å². The van der Waals surface area contributed by atoms with Crippen LogP contribution >= 0.6 is 0 Å². The normalized spacial score (nSPS) is 30.9. The summed E-state index contributed by atoms with van der Waals surface area (Å²) in [5.41, 5.74) is 6.52. The van der Waals surface area contributed by atoms with Crippen molar-refractivity contribution in [3.8, 4) is 0 Å². The molecule has 4 aliphatic rings. The highest BCUT2D eigenvalue weighted by atomic mass is 16.8. The maximum absolute atomic E-state index is 13.6. The molecule has 2 fully saturated rings. The van der Waals surface area contributed by atoms with Gasteiger partial charge in [0.1, 0.15) is 30.5 Å². The van der Waals surface area contributed by atoms with Gasteiger partial charge in [-0.1, -0.05) is 18.2 Å². The van der Waals surface area contributed by atoms with E-state index in [1.54, 1.807) is 17.1 Å². The number of nitrogens with zero attached hydrogens (tertiary/aromatic N) is 2. The fourth-order valence-electron chi connectivity index (χ4n) is 6.16. The number of nitrogens with one attached hydrogen (secondary N) is 1. The van der Waals surface area contributed by atoms with Gasteiger partial charge in [0, 0.05) is 38.4 Å². The molecule has 0 amide bonds. The summed E-state index contributed by atoms with van der Waals surface area (Å²) < 4.78 is 23.1. The van der Waals surface area contributed by atoms with Crippen LogP contribution in [0.4, 0.5) is 0 Å². The van der Waals surface area contributed by atoms with Crippen LogP contribution in [0.1, 0.15) is 32.1 Å². The number of aliphatic hydroxyl groups is 6. The van der Waals surface area contributed by atoms with Crippen molar-refractivity contribution in [2.24, 2.45) is 22.6 Å². The number of carboxylic acids is 1. The van der Waals surface area contributed by atoms with Crippen molar-refractivity contribution in [2.75, 3.05) is 39.5 Å². The zero-order chi connectivity index (χ0) is 36.4. The fraction of sp³-hybridized carbons (Fsp3) is 0.606. The van der Waals surface area contributed by atoms with E-state index in [0.717, 1.165) is 12.8 Å². The molecule has 4 rings (SSSR count). The van der Waals surface area contributed by atoms with Gasteiger partial charge in [-0.3, -0.25) is 4.99 Å². The Labute approximate surface area is 289 Å². The number of guanidine groups is 1. The number of allylic oxidation sites excluding steroid dienone is 1. The molecular formula is C33H48N4O13. The molecule has 1 saturated carbocycles. The summed E-state index contributed by atoms with van der Waals surface area (Å²) in [7, 11) is 0. The van der Waals surface area contributed by atoms with E-state index in [2.05, 4.69) is 16.9 Å². The molecule has 0 bridgehead atoms. The highest BCUT2D eigenvalue weighted by molar-refractivity contribution is 5.95. The molecule has 3 aliphatic heterocycles. The topological polar surface area (TPSA) is 266 Å². The van der Waals surface area contributed by atoms with Gasteiger partial charge in [0.25, 0.3) is 0 Å². The lowest BCUT2D eigenvalue weighted by atomic mass is 9.83. The highest BCUT2D eigenvalue weighted by Gasteiger charge is 2.47. The van der Waals surface area contributed by atoms with E-state index >= 15 is 0 Å². The molecule has 17 heteroatoms. The third-order valence-corrected chi connectivity index (χ3v) is 8.87. The van der Waals surface area contributed by atoms with Crippen LogP contribution in [0, 0.1) is 11.8 Å². The van der Waals surface area contributed by atoms with Crippen LogP contribution in [-0.4, -0.2) is 141 Å². The Balaban J connectivity index is 1.72. The number of aliphatic imine (C=N–C) groups is 1. The number of β-amino-alcohol motifs (C(OH)–C–C–N with tert-alkyl or cyclic N) is 1. The van der Waals surface area contributed by atoms with Crippen molar-refractivity contribution in [1.82, 2.24) is 10.2 Å². The molecular weight excluding hydrogens is 660 g/mol. The number of aliphatic hydroxyl groups excluding tert-OH is 6. The lowest BCUT2D eigenvalue weighted by Gasteiger charge is -2.42. The second-order valence-corrected chi connectivity index (χ2v) is 12.3. The van der Waals surface area contributed by atoms with Crippen LogP contribution < -0.4 is 11.1 Å². The van der Waals surface area contributed by atoms with Gasteiger partial charge in [0.2, 0.25) is 6.29 Å². The molecule has 10 N–H and O–H groups in total. The maximum atomic E-state index is 13.6. The number of ether oxygens (including phenoxy) is 4. The maximum Gasteiger partial charge on any atom is 0.339 e. The summed E-state index contributed by atoms with van der Waals surface area (Å²) in [6, 6.07) is 0. The first-order valence-corrected chi connectivity index (χ1v) is 16.6. The van der Waals surface area contributed by atoms with Gasteiger partial charge in [-0.15, -0.1) is 6.58 Å². The van der Waals surface area contributed by atoms with Gasteiger partial charge < -0.3 is 70.6 Å². The van der Waals surface area contributed by atoms with E-state index in [9.17, 15) is 40.2 Å². The summed E-state index contributed by atoms with van der Waals surface area (Å²) in [4.78, 5) is 31.7. The number of carbonyl (C=O) groups is 2. The Morgan fingerprint density at radius 2 is 1.84 bits per heavy atom. The van der Waals surface area contributed by atoms with E-state index in [1.807, 2.05) is 0 Å². The lowest BCUT2D eigenvalue weighted by molar-refractivity contribution is -0.338. The zero-order valence-electron chi connectivity index (χ0n) is 27.6. The average Bonchev–Trinajstić information content (AvgIpc) is 3.61. The summed E-state index contributed by atoms with van der Waals surface area (Å²) in [6.45, 7) is 3.28. The molecule has 0 aromatic rings. The number of aliphatic carboxylic acids is 1. The number of carboxylic acid groups (broad SMARTS) is 1. The highest BCUT2D eigenvalue weighted by Crippen LogP contribution is 2.37. The largest absolute Gasteiger partial charge is 0.478 e. The summed E-state index contributed by atoms with van der Waals surface area (Å²) in [5, 5.41) is 72.4. The van der Waals surface area contributed by atoms with Gasteiger partial charge >= 0.3 is 11.9 Å². The van der Waals surface area contributed by atoms with Crippen molar-refractivity contribution in [1.29, 1.82) is 0 Å². The molecule has 1 aliphatic carbocycles. The van der Waals surface area contributed by atoms with Gasteiger partial charge in [0.15, 0.2) is 12.2 Å². The first-order valence-electron chi connectivity index (χ1n) is 16.6. The number of hydrogen-bond acceptors (Lipinski definition) is 14. The number of hydrogen-bond donors (Lipinski definition) is 9. The molecule has 0 aromatic heterocycles. The predicted octanol–water partition coefficient (Wildman–Crippen LogP) is -1.68. The van der Waals surface area contributed by atoms with Crippen LogP contribution in [0.2, 0.25) is 0 Å². The Morgan fingerprint density at radius 3 is 2.48 bits per heavy atom. The van der Waals surface area contributed by atoms with E-state index in [1.165, 1.54) is 18.5 Å². The molecule has 8 unspecified atom stereocenters. The lowest BCUT2D eigenvalue weighted by Crippen LogP contribution is -2.60. The Kier molecular flexibility index (Phi) is 14.4. The second-order valence-electron chi connectivity index (χ2n) is 12.3. The van der Waals surface area contributed by atoms with Crippen LogP contribution in [0.3, 0.4) is 0 Å². The van der Waals surface area contributed by atoms with Crippen LogP contribution in [-0.2, 0) is 28.5 Å². The average molecular weight is 709 g/mol. The van der Waals surface area contributed by atoms with Gasteiger partial charge in [-0.05, 0) is 37.7 Å². The smallest absolute Gasteiger partial charge is 0.339 e. The van der Waals surface area contributed by atoms with E-state index in [-0.39, 0.29) is 61.8 Å². The first-order chi connectivity index (χ1) is 24.0. The standard InChI is InChI=1S/C33H48N4O13/c1-2-20-21(9-8-18-14-37(11-13-39)15-22(29(44)45)25(18)36-33(34)35-10-5-12-38)23(30(46)48-19-6-3-4-7-19)17-47-31(20)50-32-28(43)27(42)26(41)24(16-40)49-32/h2,8-9,15,17,19-21,24,26-28,31-32,38-43H,1,3-7,10-14,16H2,(H,44,45)(H3,34,35,36). The van der Waals surface area contributed by atoms with Gasteiger partial charge in [-0.25, -0.2) is 9.59 Å². The Morgan fingerprint density at radius 1 is 1.10 bits per heavy atom. The minimum atomic E-state index is -1.72. The monoisotopic (exact) mass is 708 g/mol. The van der Waals surface area contributed by atoms with Crippen molar-refractivity contribution in [2.45, 2.75) is 75.2 Å². The van der Waals surface area contributed by atoms with Crippen LogP contribution in [0.25, 0.3) is 0 Å². The van der Waals surface area contributed by atoms with E-state index in [0.29, 0.717) is 24.8 Å². The number of rotatable bonds is 15. The molecule has 3 heterocycles. The minimum Gasteiger partial charge on any atom is -0.478 e. The predicted molar refractivity (Wildman–Crippen MR) is 175 cm³/mol. The minimum absolute atomic E-state index is 0.0918. The molecule has 0 aromatic carbocycles. The summed E-state index contributed by atoms with van der Waals surface area (Å²) in [6.07, 6.45) is 1.43. The molecule has 8 atom stereocenters. The number of carbonyl (C=O) groups excluding carboxylic acids is 1. The molecule has 50 heavy (non-hydrogen) atoms. The van der Waals surface area contributed by atoms with Crippen molar-refractivity contribution in [3.05, 3.63) is 59.7 Å². The number of esters is 1. The third kappa shape index (κ3) is 9.49. The molecule has 278 valence electrons. The molecule has 17 nitrogen and oxygen atoms in total. The molecule has 0 spiro atoms. The third-order valence-electron chi connectivity index (χ3n) is 8.87. The Bertz CT molecular complexity index is 1360. The fourth-order valence-corrected chi connectivity index (χ4v) is 6.16. The zero-order valence-corrected chi connectivity index (χ0v) is 27.6. The van der Waals surface area contributed by atoms with E-state index < -0.39 is 67.4 Å².